The van der Waals surface area contributed by atoms with Crippen molar-refractivity contribution >= 4 is 16.6 Å². The van der Waals surface area contributed by atoms with Crippen LogP contribution in [0.15, 0.2) is 18.2 Å². The fourth-order valence-corrected chi connectivity index (χ4v) is 2.32. The lowest BCUT2D eigenvalue weighted by atomic mass is 10.2. The molecule has 0 radical (unpaired) electrons. The van der Waals surface area contributed by atoms with Crippen molar-refractivity contribution in [3.05, 3.63) is 23.9 Å². The molecule has 0 spiro atoms. The predicted molar refractivity (Wildman–Crippen MR) is 62.6 cm³/mol. The van der Waals surface area contributed by atoms with Crippen molar-refractivity contribution in [2.75, 3.05) is 5.73 Å². The molecule has 1 aromatic carbocycles. The molecule has 1 aromatic heterocycles. The maximum atomic E-state index is 5.81. The number of aryl methyl sites for hydroxylation is 2. The molecule has 3 nitrogen and oxygen atoms in total. The third-order valence-corrected chi connectivity index (χ3v) is 2.92. The Balaban J connectivity index is 2.85. The van der Waals surface area contributed by atoms with Gasteiger partial charge in [0.25, 0.3) is 0 Å². The molecular formula is C12H18N3+. The summed E-state index contributed by atoms with van der Waals surface area (Å²) >= 11 is 0. The summed E-state index contributed by atoms with van der Waals surface area (Å²) in [5.41, 5.74) is 9.14. The molecule has 2 aromatic rings. The minimum atomic E-state index is 0.462. The van der Waals surface area contributed by atoms with Gasteiger partial charge in [0.15, 0.2) is 7.05 Å². The van der Waals surface area contributed by atoms with Crippen LogP contribution in [0, 0.1) is 6.92 Å². The van der Waals surface area contributed by atoms with E-state index >= 15 is 0 Å². The van der Waals surface area contributed by atoms with Crippen molar-refractivity contribution in [2.24, 2.45) is 7.05 Å². The highest BCUT2D eigenvalue weighted by Gasteiger charge is 2.19. The molecule has 2 N–H and O–H groups in total. The van der Waals surface area contributed by atoms with Gasteiger partial charge in [0.05, 0.1) is 17.1 Å². The fourth-order valence-electron chi connectivity index (χ4n) is 2.32. The van der Waals surface area contributed by atoms with Gasteiger partial charge in [-0.05, 0) is 32.9 Å². The van der Waals surface area contributed by atoms with Crippen LogP contribution in [-0.4, -0.2) is 4.68 Å². The van der Waals surface area contributed by atoms with Crippen molar-refractivity contribution in [1.29, 1.82) is 0 Å². The Kier molecular flexibility index (Phi) is 2.18. The van der Waals surface area contributed by atoms with Crippen LogP contribution in [0.25, 0.3) is 10.9 Å². The summed E-state index contributed by atoms with van der Waals surface area (Å²) in [4.78, 5) is 0. The van der Waals surface area contributed by atoms with E-state index in [4.69, 9.17) is 5.73 Å². The smallest absolute Gasteiger partial charge is 0.238 e. The highest BCUT2D eigenvalue weighted by molar-refractivity contribution is 5.81. The summed E-state index contributed by atoms with van der Waals surface area (Å²) < 4.78 is 4.47. The van der Waals surface area contributed by atoms with Gasteiger partial charge in [-0.3, -0.25) is 0 Å². The van der Waals surface area contributed by atoms with Gasteiger partial charge in [-0.15, -0.1) is 4.68 Å². The number of rotatable bonds is 1. The van der Waals surface area contributed by atoms with E-state index in [1.807, 2.05) is 12.1 Å². The molecule has 15 heavy (non-hydrogen) atoms. The van der Waals surface area contributed by atoms with Gasteiger partial charge in [0, 0.05) is 11.8 Å². The van der Waals surface area contributed by atoms with Gasteiger partial charge >= 0.3 is 0 Å². The second-order valence-electron chi connectivity index (χ2n) is 4.32. The number of nitrogen functional groups attached to an aromatic ring is 1. The quantitative estimate of drug-likeness (QED) is 0.559. The summed E-state index contributed by atoms with van der Waals surface area (Å²) in [6, 6.07) is 6.54. The zero-order chi connectivity index (χ0) is 11.2. The van der Waals surface area contributed by atoms with E-state index in [2.05, 4.69) is 43.2 Å². The zero-order valence-corrected chi connectivity index (χ0v) is 9.78. The molecule has 0 aliphatic rings. The molecular weight excluding hydrogens is 186 g/mol. The van der Waals surface area contributed by atoms with Crippen LogP contribution in [0.3, 0.4) is 0 Å². The molecule has 0 fully saturated rings. The number of benzene rings is 1. The zero-order valence-electron chi connectivity index (χ0n) is 9.78. The van der Waals surface area contributed by atoms with Gasteiger partial charge < -0.3 is 5.73 Å². The van der Waals surface area contributed by atoms with Crippen LogP contribution in [0.5, 0.6) is 0 Å². The molecule has 0 atom stereocenters. The number of nitrogens with zero attached hydrogens (tertiary/aromatic N) is 2. The van der Waals surface area contributed by atoms with Crippen LogP contribution >= 0.6 is 0 Å². The molecule has 0 saturated heterocycles. The third-order valence-electron chi connectivity index (χ3n) is 2.92. The molecule has 0 aliphatic carbocycles. The van der Waals surface area contributed by atoms with Crippen LogP contribution in [0.2, 0.25) is 0 Å². The van der Waals surface area contributed by atoms with Crippen molar-refractivity contribution < 1.29 is 4.68 Å². The fraction of sp³-hybridized carbons (Fsp3) is 0.417. The predicted octanol–water partition coefficient (Wildman–Crippen LogP) is 1.94. The molecule has 0 bridgehead atoms. The summed E-state index contributed by atoms with van der Waals surface area (Å²) in [5.74, 6) is 0. The summed E-state index contributed by atoms with van der Waals surface area (Å²) in [6.07, 6.45) is 0. The maximum absolute atomic E-state index is 5.81. The molecule has 3 heteroatoms. The summed E-state index contributed by atoms with van der Waals surface area (Å²) in [7, 11) is 2.09. The number of anilines is 1. The lowest BCUT2D eigenvalue weighted by molar-refractivity contribution is -0.733. The molecule has 0 unspecified atom stereocenters. The average Bonchev–Trinajstić information content (AvgIpc) is 2.39. The molecule has 80 valence electrons. The van der Waals surface area contributed by atoms with Crippen LogP contribution in [0.1, 0.15) is 25.6 Å². The van der Waals surface area contributed by atoms with E-state index in [1.165, 1.54) is 16.6 Å². The number of hydrogen-bond acceptors (Lipinski definition) is 1. The van der Waals surface area contributed by atoms with Crippen molar-refractivity contribution in [1.82, 2.24) is 4.68 Å². The van der Waals surface area contributed by atoms with Crippen LogP contribution in [-0.2, 0) is 7.05 Å². The SMILES string of the molecule is Cc1c2cc(N)ccc2[n+](C)n1C(C)C. The minimum absolute atomic E-state index is 0.462. The summed E-state index contributed by atoms with van der Waals surface area (Å²) in [6.45, 7) is 6.52. The first-order valence-electron chi connectivity index (χ1n) is 5.28. The second kappa shape index (κ2) is 3.26. The Labute approximate surface area is 90.1 Å². The van der Waals surface area contributed by atoms with E-state index in [0.717, 1.165) is 5.69 Å². The highest BCUT2D eigenvalue weighted by Crippen LogP contribution is 2.21. The van der Waals surface area contributed by atoms with E-state index in [-0.39, 0.29) is 0 Å². The van der Waals surface area contributed by atoms with Crippen molar-refractivity contribution in [3.8, 4) is 0 Å². The maximum Gasteiger partial charge on any atom is 0.238 e. The monoisotopic (exact) mass is 204 g/mol. The molecule has 1 heterocycles. The van der Waals surface area contributed by atoms with Gasteiger partial charge in [-0.2, -0.15) is 4.68 Å². The Morgan fingerprint density at radius 1 is 1.33 bits per heavy atom. The highest BCUT2D eigenvalue weighted by atomic mass is 15.4. The van der Waals surface area contributed by atoms with E-state index in [0.29, 0.717) is 6.04 Å². The Hall–Kier alpha value is -1.51. The first-order chi connectivity index (χ1) is 7.02. The number of hydrogen-bond donors (Lipinski definition) is 1. The Bertz CT molecular complexity index is 509. The van der Waals surface area contributed by atoms with E-state index in [9.17, 15) is 0 Å². The van der Waals surface area contributed by atoms with Crippen LogP contribution < -0.4 is 10.4 Å². The number of nitrogens with two attached hydrogens (primary N) is 1. The molecule has 2 rings (SSSR count). The standard InChI is InChI=1S/C12H18N3/c1-8(2)15-9(3)11-7-10(13)5-6-12(11)14(15)4/h5-8H,13H2,1-4H3/q+1. The Morgan fingerprint density at radius 3 is 2.60 bits per heavy atom. The first kappa shape index (κ1) is 10.0. The van der Waals surface area contributed by atoms with Gasteiger partial charge in [0.2, 0.25) is 5.52 Å². The van der Waals surface area contributed by atoms with Gasteiger partial charge in [-0.25, -0.2) is 0 Å². The minimum Gasteiger partial charge on any atom is -0.399 e. The number of fused-ring (bicyclic) bond motifs is 1. The Morgan fingerprint density at radius 2 is 2.00 bits per heavy atom. The molecule has 0 aliphatic heterocycles. The molecule has 0 amide bonds. The van der Waals surface area contributed by atoms with Crippen molar-refractivity contribution in [2.45, 2.75) is 26.8 Å². The van der Waals surface area contributed by atoms with Gasteiger partial charge in [-0.1, -0.05) is 0 Å². The lowest BCUT2D eigenvalue weighted by Crippen LogP contribution is -2.40. The second-order valence-corrected chi connectivity index (χ2v) is 4.32. The van der Waals surface area contributed by atoms with E-state index in [1.54, 1.807) is 0 Å². The average molecular weight is 204 g/mol. The van der Waals surface area contributed by atoms with E-state index < -0.39 is 0 Å². The van der Waals surface area contributed by atoms with Crippen LogP contribution in [0.4, 0.5) is 5.69 Å². The topological polar surface area (TPSA) is 34.8 Å². The summed E-state index contributed by atoms with van der Waals surface area (Å²) in [5, 5.41) is 1.24. The number of aromatic nitrogens is 2. The first-order valence-corrected chi connectivity index (χ1v) is 5.28. The third kappa shape index (κ3) is 1.39. The van der Waals surface area contributed by atoms with Gasteiger partial charge in [0.1, 0.15) is 0 Å². The molecule has 0 saturated carbocycles. The normalized spacial score (nSPS) is 11.5. The van der Waals surface area contributed by atoms with Crippen molar-refractivity contribution in [3.63, 3.8) is 0 Å². The largest absolute Gasteiger partial charge is 0.399 e. The lowest BCUT2D eigenvalue weighted by Gasteiger charge is -2.05.